The number of rotatable bonds is 3. The molecule has 0 bridgehead atoms. The van der Waals surface area contributed by atoms with Crippen molar-refractivity contribution in [1.82, 2.24) is 14.9 Å². The number of nitrogens with zero attached hydrogens (tertiary/aromatic N) is 4. The third kappa shape index (κ3) is 4.05. The fourth-order valence-corrected chi connectivity index (χ4v) is 3.19. The zero-order valence-corrected chi connectivity index (χ0v) is 14.4. The molecule has 1 aromatic heterocycles. The summed E-state index contributed by atoms with van der Waals surface area (Å²) in [5.41, 5.74) is 1.38. The maximum Gasteiger partial charge on any atom is 0.147 e. The maximum atomic E-state index is 4.49. The lowest BCUT2D eigenvalue weighted by Gasteiger charge is -2.22. The summed E-state index contributed by atoms with van der Waals surface area (Å²) in [7, 11) is 0. The molecule has 0 saturated carbocycles. The molecule has 1 aromatic carbocycles. The van der Waals surface area contributed by atoms with Crippen molar-refractivity contribution in [3.05, 3.63) is 52.9 Å². The molecule has 0 aliphatic carbocycles. The average Bonchev–Trinajstić information content (AvgIpc) is 2.70. The van der Waals surface area contributed by atoms with E-state index in [4.69, 9.17) is 0 Å². The Labute approximate surface area is 140 Å². The molecule has 0 radical (unpaired) electrons. The number of hydrogen-bond donors (Lipinski definition) is 0. The smallest absolute Gasteiger partial charge is 0.147 e. The molecule has 0 amide bonds. The Bertz CT molecular complexity index is 587. The summed E-state index contributed by atoms with van der Waals surface area (Å²) in [5.74, 6) is 1.58. The summed E-state index contributed by atoms with van der Waals surface area (Å²) in [5, 5.41) is 0. The van der Waals surface area contributed by atoms with Crippen molar-refractivity contribution >= 4 is 21.7 Å². The van der Waals surface area contributed by atoms with Gasteiger partial charge in [-0.2, -0.15) is 0 Å². The molecule has 116 valence electrons. The van der Waals surface area contributed by atoms with Crippen LogP contribution in [0.1, 0.15) is 12.5 Å². The highest BCUT2D eigenvalue weighted by atomic mass is 79.9. The highest BCUT2D eigenvalue weighted by molar-refractivity contribution is 9.10. The molecule has 1 aliphatic heterocycles. The standard InChI is InChI=1S/C17H21BrN4/c1-14-11-21(13-15-5-3-2-4-6-15)7-8-22(12-14)17-10-19-16(18)9-20-17/h2-6,9-10,14H,7-8,11-13H2,1H3. The van der Waals surface area contributed by atoms with E-state index in [2.05, 4.69) is 73.0 Å². The van der Waals surface area contributed by atoms with Crippen LogP contribution in [0.2, 0.25) is 0 Å². The van der Waals surface area contributed by atoms with E-state index < -0.39 is 0 Å². The van der Waals surface area contributed by atoms with Crippen LogP contribution in [0.4, 0.5) is 5.82 Å². The number of halogens is 1. The van der Waals surface area contributed by atoms with Crippen LogP contribution in [0, 0.1) is 5.92 Å². The number of anilines is 1. The Hall–Kier alpha value is -1.46. The lowest BCUT2D eigenvalue weighted by atomic mass is 10.1. The van der Waals surface area contributed by atoms with Crippen LogP contribution in [0.3, 0.4) is 0 Å². The molecule has 5 heteroatoms. The quantitative estimate of drug-likeness (QED) is 0.841. The topological polar surface area (TPSA) is 32.3 Å². The van der Waals surface area contributed by atoms with Gasteiger partial charge < -0.3 is 4.90 Å². The second kappa shape index (κ2) is 7.20. The highest BCUT2D eigenvalue weighted by Crippen LogP contribution is 2.18. The Morgan fingerprint density at radius 3 is 2.64 bits per heavy atom. The van der Waals surface area contributed by atoms with Crippen LogP contribution in [-0.2, 0) is 6.54 Å². The van der Waals surface area contributed by atoms with Crippen molar-refractivity contribution in [3.8, 4) is 0 Å². The Kier molecular flexibility index (Phi) is 5.05. The van der Waals surface area contributed by atoms with Gasteiger partial charge in [0.05, 0.1) is 12.4 Å². The van der Waals surface area contributed by atoms with Crippen LogP contribution in [0.5, 0.6) is 0 Å². The molecule has 1 fully saturated rings. The summed E-state index contributed by atoms with van der Waals surface area (Å²) >= 11 is 3.34. The van der Waals surface area contributed by atoms with Gasteiger partial charge in [0, 0.05) is 32.7 Å². The minimum atomic E-state index is 0.608. The summed E-state index contributed by atoms with van der Waals surface area (Å²) in [6, 6.07) is 10.7. The van der Waals surface area contributed by atoms with E-state index in [0.717, 1.165) is 43.1 Å². The first-order chi connectivity index (χ1) is 10.7. The van der Waals surface area contributed by atoms with Crippen molar-refractivity contribution in [2.24, 2.45) is 5.92 Å². The number of aromatic nitrogens is 2. The van der Waals surface area contributed by atoms with E-state index in [1.165, 1.54) is 5.56 Å². The van der Waals surface area contributed by atoms with Gasteiger partial charge in [0.25, 0.3) is 0 Å². The molecule has 0 spiro atoms. The third-order valence-corrected chi connectivity index (χ3v) is 4.38. The van der Waals surface area contributed by atoms with Crippen molar-refractivity contribution in [3.63, 3.8) is 0 Å². The maximum absolute atomic E-state index is 4.49. The van der Waals surface area contributed by atoms with Crippen molar-refractivity contribution in [1.29, 1.82) is 0 Å². The fourth-order valence-electron chi connectivity index (χ4n) is 2.98. The van der Waals surface area contributed by atoms with Crippen LogP contribution in [0.15, 0.2) is 47.3 Å². The predicted octanol–water partition coefficient (Wildman–Crippen LogP) is 3.20. The molecule has 0 N–H and O–H groups in total. The van der Waals surface area contributed by atoms with E-state index in [9.17, 15) is 0 Å². The average molecular weight is 361 g/mol. The largest absolute Gasteiger partial charge is 0.354 e. The van der Waals surface area contributed by atoms with Gasteiger partial charge in [-0.1, -0.05) is 37.3 Å². The minimum Gasteiger partial charge on any atom is -0.354 e. The van der Waals surface area contributed by atoms with E-state index in [-0.39, 0.29) is 0 Å². The van der Waals surface area contributed by atoms with Gasteiger partial charge in [-0.15, -0.1) is 0 Å². The first-order valence-corrected chi connectivity index (χ1v) is 8.49. The molecular weight excluding hydrogens is 340 g/mol. The first kappa shape index (κ1) is 15.4. The summed E-state index contributed by atoms with van der Waals surface area (Å²) in [6.07, 6.45) is 3.62. The Morgan fingerprint density at radius 2 is 1.91 bits per heavy atom. The third-order valence-electron chi connectivity index (χ3n) is 3.97. The van der Waals surface area contributed by atoms with Gasteiger partial charge in [0.15, 0.2) is 0 Å². The van der Waals surface area contributed by atoms with Crippen molar-refractivity contribution in [2.45, 2.75) is 13.5 Å². The van der Waals surface area contributed by atoms with Crippen LogP contribution in [0.25, 0.3) is 0 Å². The summed E-state index contributed by atoms with van der Waals surface area (Å²) in [6.45, 7) is 7.52. The molecule has 3 rings (SSSR count). The fraction of sp³-hybridized carbons (Fsp3) is 0.412. The Balaban J connectivity index is 1.66. The molecule has 2 aromatic rings. The van der Waals surface area contributed by atoms with E-state index in [1.807, 2.05) is 6.20 Å². The molecule has 1 aliphatic rings. The summed E-state index contributed by atoms with van der Waals surface area (Å²) in [4.78, 5) is 13.7. The van der Waals surface area contributed by atoms with Crippen molar-refractivity contribution < 1.29 is 0 Å². The lowest BCUT2D eigenvalue weighted by Crippen LogP contribution is -2.31. The highest BCUT2D eigenvalue weighted by Gasteiger charge is 2.21. The minimum absolute atomic E-state index is 0.608. The lowest BCUT2D eigenvalue weighted by molar-refractivity contribution is 0.257. The molecule has 2 heterocycles. The van der Waals surface area contributed by atoms with Crippen LogP contribution in [-0.4, -0.2) is 41.0 Å². The van der Waals surface area contributed by atoms with Crippen molar-refractivity contribution in [2.75, 3.05) is 31.1 Å². The zero-order valence-electron chi connectivity index (χ0n) is 12.8. The molecule has 1 atom stereocenters. The summed E-state index contributed by atoms with van der Waals surface area (Å²) < 4.78 is 0.782. The SMILES string of the molecule is CC1CN(Cc2ccccc2)CCN(c2cnc(Br)cn2)C1. The number of hydrogen-bond acceptors (Lipinski definition) is 4. The molecular formula is C17H21BrN4. The zero-order chi connectivity index (χ0) is 15.4. The molecule has 1 unspecified atom stereocenters. The van der Waals surface area contributed by atoms with E-state index >= 15 is 0 Å². The normalized spacial score (nSPS) is 19.9. The first-order valence-electron chi connectivity index (χ1n) is 7.69. The van der Waals surface area contributed by atoms with E-state index in [1.54, 1.807) is 6.20 Å². The number of benzene rings is 1. The molecule has 22 heavy (non-hydrogen) atoms. The van der Waals surface area contributed by atoms with Gasteiger partial charge in [-0.05, 0) is 27.4 Å². The second-order valence-electron chi connectivity index (χ2n) is 5.97. The van der Waals surface area contributed by atoms with Crippen LogP contribution < -0.4 is 4.90 Å². The monoisotopic (exact) mass is 360 g/mol. The molecule has 1 saturated heterocycles. The van der Waals surface area contributed by atoms with Gasteiger partial charge in [0.2, 0.25) is 0 Å². The van der Waals surface area contributed by atoms with E-state index in [0.29, 0.717) is 5.92 Å². The van der Waals surface area contributed by atoms with Gasteiger partial charge >= 0.3 is 0 Å². The van der Waals surface area contributed by atoms with Crippen LogP contribution >= 0.6 is 15.9 Å². The van der Waals surface area contributed by atoms with Gasteiger partial charge in [-0.3, -0.25) is 4.90 Å². The predicted molar refractivity (Wildman–Crippen MR) is 92.8 cm³/mol. The van der Waals surface area contributed by atoms with Gasteiger partial charge in [-0.25, -0.2) is 9.97 Å². The molecule has 4 nitrogen and oxygen atoms in total. The second-order valence-corrected chi connectivity index (χ2v) is 6.78. The Morgan fingerprint density at radius 1 is 1.09 bits per heavy atom. The van der Waals surface area contributed by atoms with Gasteiger partial charge in [0.1, 0.15) is 10.4 Å².